The third-order valence-corrected chi connectivity index (χ3v) is 7.76. The van der Waals surface area contributed by atoms with Crippen molar-refractivity contribution < 1.29 is 13.9 Å². The first kappa shape index (κ1) is 27.0. The number of nitrogens with zero attached hydrogens (tertiary/aromatic N) is 4. The summed E-state index contributed by atoms with van der Waals surface area (Å²) in [6.45, 7) is 12.2. The molecule has 200 valence electrons. The van der Waals surface area contributed by atoms with Gasteiger partial charge in [-0.3, -0.25) is 9.69 Å². The van der Waals surface area contributed by atoms with Gasteiger partial charge in [0.2, 0.25) is 0 Å². The van der Waals surface area contributed by atoms with Crippen molar-refractivity contribution in [2.45, 2.75) is 84.9 Å². The molecule has 0 radical (unpaired) electrons. The Morgan fingerprint density at radius 2 is 2.00 bits per heavy atom. The van der Waals surface area contributed by atoms with Crippen molar-refractivity contribution in [1.29, 1.82) is 0 Å². The first-order chi connectivity index (χ1) is 17.7. The van der Waals surface area contributed by atoms with Crippen LogP contribution in [0.1, 0.15) is 80.3 Å². The van der Waals surface area contributed by atoms with E-state index in [9.17, 15) is 9.18 Å². The molecule has 3 atom stereocenters. The van der Waals surface area contributed by atoms with Gasteiger partial charge < -0.3 is 15.4 Å². The molecule has 0 aliphatic carbocycles. The van der Waals surface area contributed by atoms with Crippen LogP contribution in [0.25, 0.3) is 5.57 Å². The molecular weight excluding hydrogens is 469 g/mol. The molecule has 1 amide bonds. The second kappa shape index (κ2) is 11.6. The fraction of sp³-hybridized carbons (Fsp3) is 0.552. The van der Waals surface area contributed by atoms with Crippen LogP contribution >= 0.6 is 0 Å². The molecule has 8 heteroatoms. The van der Waals surface area contributed by atoms with E-state index in [2.05, 4.69) is 35.6 Å². The number of hydrogen-bond donors (Lipinski definition) is 1. The second-order valence-corrected chi connectivity index (χ2v) is 10.5. The van der Waals surface area contributed by atoms with E-state index < -0.39 is 5.82 Å². The lowest BCUT2D eigenvalue weighted by molar-refractivity contribution is 0.0158. The Labute approximate surface area is 219 Å². The Hall–Kier alpha value is -3.00. The van der Waals surface area contributed by atoms with Crippen LogP contribution in [0.4, 0.5) is 4.39 Å². The first-order valence-electron chi connectivity index (χ1n) is 13.5. The number of likely N-dealkylation sites (tertiary alicyclic amines) is 1. The van der Waals surface area contributed by atoms with Crippen molar-refractivity contribution >= 4 is 11.5 Å². The second-order valence-electron chi connectivity index (χ2n) is 10.5. The van der Waals surface area contributed by atoms with E-state index in [1.165, 1.54) is 31.0 Å². The minimum Gasteiger partial charge on any atom is -0.489 e. The zero-order valence-electron chi connectivity index (χ0n) is 22.8. The van der Waals surface area contributed by atoms with Crippen LogP contribution < -0.4 is 10.5 Å². The quantitative estimate of drug-likeness (QED) is 0.547. The zero-order valence-corrected chi connectivity index (χ0v) is 22.8. The lowest BCUT2D eigenvalue weighted by Gasteiger charge is -2.44. The van der Waals surface area contributed by atoms with Gasteiger partial charge in [-0.2, -0.15) is 0 Å². The Kier molecular flexibility index (Phi) is 8.47. The maximum atomic E-state index is 14.3. The number of hydrogen-bond acceptors (Lipinski definition) is 6. The Balaban J connectivity index is 1.50. The molecule has 2 aromatic rings. The van der Waals surface area contributed by atoms with Gasteiger partial charge in [0.15, 0.2) is 5.82 Å². The predicted molar refractivity (Wildman–Crippen MR) is 144 cm³/mol. The number of ether oxygens (including phenoxy) is 1. The molecule has 4 rings (SSSR count). The molecule has 2 N–H and O–H groups in total. The number of unbranched alkanes of at least 4 members (excludes halogenated alkanes) is 1. The number of carbonyl (C=O) groups is 1. The van der Waals surface area contributed by atoms with Gasteiger partial charge >= 0.3 is 0 Å². The Morgan fingerprint density at radius 1 is 1.22 bits per heavy atom. The summed E-state index contributed by atoms with van der Waals surface area (Å²) >= 11 is 0. The maximum Gasteiger partial charge on any atom is 0.258 e. The van der Waals surface area contributed by atoms with Crippen LogP contribution in [-0.2, 0) is 0 Å². The third kappa shape index (κ3) is 5.95. The third-order valence-electron chi connectivity index (χ3n) is 7.76. The van der Waals surface area contributed by atoms with E-state index in [-0.39, 0.29) is 18.6 Å². The van der Waals surface area contributed by atoms with Crippen molar-refractivity contribution in [2.24, 2.45) is 5.73 Å². The van der Waals surface area contributed by atoms with Gasteiger partial charge in [-0.05, 0) is 70.7 Å². The van der Waals surface area contributed by atoms with Gasteiger partial charge in [0.05, 0.1) is 18.7 Å². The van der Waals surface area contributed by atoms with Crippen molar-refractivity contribution in [3.8, 4) is 5.75 Å². The lowest BCUT2D eigenvalue weighted by atomic mass is 9.91. The fourth-order valence-electron chi connectivity index (χ4n) is 5.45. The number of piperidine rings is 1. The summed E-state index contributed by atoms with van der Waals surface area (Å²) in [5.41, 5.74) is 9.87. The molecule has 1 fully saturated rings. The largest absolute Gasteiger partial charge is 0.489 e. The van der Waals surface area contributed by atoms with Crippen LogP contribution in [0.15, 0.2) is 30.1 Å². The van der Waals surface area contributed by atoms with E-state index in [0.29, 0.717) is 41.5 Å². The van der Waals surface area contributed by atoms with Gasteiger partial charge in [-0.15, -0.1) is 0 Å². The van der Waals surface area contributed by atoms with Gasteiger partial charge in [0.25, 0.3) is 5.91 Å². The lowest BCUT2D eigenvalue weighted by Crippen LogP contribution is -2.51. The molecule has 7 nitrogen and oxygen atoms in total. The average molecular weight is 510 g/mol. The summed E-state index contributed by atoms with van der Waals surface area (Å²) in [6.07, 6.45) is 6.78. The number of aromatic nitrogens is 2. The van der Waals surface area contributed by atoms with Crippen molar-refractivity contribution in [1.82, 2.24) is 19.8 Å². The van der Waals surface area contributed by atoms with Crippen molar-refractivity contribution in [3.63, 3.8) is 0 Å². The highest BCUT2D eigenvalue weighted by Gasteiger charge is 2.35. The molecule has 0 saturated carbocycles. The van der Waals surface area contributed by atoms with Crippen LogP contribution in [0.5, 0.6) is 5.75 Å². The first-order valence-corrected chi connectivity index (χ1v) is 13.5. The summed E-state index contributed by atoms with van der Waals surface area (Å²) in [4.78, 5) is 26.8. The topological polar surface area (TPSA) is 84.6 Å². The molecule has 1 saturated heterocycles. The standard InChI is InChI=1S/C29H40FN5O2/c1-6-8-11-35-19(4)12-23(14-22(35)7-2)37-27-13-21(30)9-10-24(27)29(36)34-16-25(26(31)17-34)28-32-15-18(3)20(5)33-28/h9-10,13,15,19,22-23H,6-8,11-12,14,16-17,31H2,1-5H3. The van der Waals surface area contributed by atoms with E-state index in [1.54, 1.807) is 11.1 Å². The summed E-state index contributed by atoms with van der Waals surface area (Å²) < 4.78 is 20.7. The molecule has 1 aromatic heterocycles. The van der Waals surface area contributed by atoms with Gasteiger partial charge in [-0.1, -0.05) is 20.3 Å². The maximum absolute atomic E-state index is 14.3. The summed E-state index contributed by atoms with van der Waals surface area (Å²) in [5.74, 6) is 0.182. The number of carbonyl (C=O) groups excluding carboxylic acids is 1. The molecule has 1 aromatic carbocycles. The molecule has 3 unspecified atom stereocenters. The number of halogens is 1. The number of amides is 1. The molecule has 37 heavy (non-hydrogen) atoms. The number of nitrogens with two attached hydrogens (primary N) is 1. The van der Waals surface area contributed by atoms with Crippen LogP contribution in [0.2, 0.25) is 0 Å². The highest BCUT2D eigenvalue weighted by molar-refractivity contribution is 5.98. The summed E-state index contributed by atoms with van der Waals surface area (Å²) in [5, 5.41) is 0. The van der Waals surface area contributed by atoms with E-state index in [4.69, 9.17) is 10.5 Å². The van der Waals surface area contributed by atoms with Crippen LogP contribution in [0, 0.1) is 19.7 Å². The molecular formula is C29H40FN5O2. The van der Waals surface area contributed by atoms with Gasteiger partial charge in [-0.25, -0.2) is 14.4 Å². The number of rotatable bonds is 8. The highest BCUT2D eigenvalue weighted by atomic mass is 19.1. The molecule has 3 heterocycles. The fourth-order valence-corrected chi connectivity index (χ4v) is 5.45. The Morgan fingerprint density at radius 3 is 2.70 bits per heavy atom. The smallest absolute Gasteiger partial charge is 0.258 e. The highest BCUT2D eigenvalue weighted by Crippen LogP contribution is 2.32. The Bertz CT molecular complexity index is 1170. The van der Waals surface area contributed by atoms with E-state index in [1.807, 2.05) is 13.8 Å². The van der Waals surface area contributed by atoms with Gasteiger partial charge in [0, 0.05) is 41.3 Å². The number of aryl methyl sites for hydroxylation is 2. The molecule has 2 aliphatic heterocycles. The van der Waals surface area contributed by atoms with Crippen LogP contribution in [-0.4, -0.2) is 63.5 Å². The van der Waals surface area contributed by atoms with Gasteiger partial charge in [0.1, 0.15) is 17.7 Å². The minimum atomic E-state index is -0.421. The summed E-state index contributed by atoms with van der Waals surface area (Å²) in [6, 6.07) is 4.94. The molecule has 2 aliphatic rings. The molecule has 0 spiro atoms. The predicted octanol–water partition coefficient (Wildman–Crippen LogP) is 4.87. The average Bonchev–Trinajstić information content (AvgIpc) is 3.26. The van der Waals surface area contributed by atoms with E-state index in [0.717, 1.165) is 42.6 Å². The SMILES string of the molecule is CCCCN1C(C)CC(Oc2cc(F)ccc2C(=O)N2CC(N)=C(c3ncc(C)c(C)n3)C2)CC1CC. The van der Waals surface area contributed by atoms with E-state index >= 15 is 0 Å². The zero-order chi connectivity index (χ0) is 26.7. The number of benzene rings is 1. The van der Waals surface area contributed by atoms with Crippen molar-refractivity contribution in [3.05, 3.63) is 58.6 Å². The van der Waals surface area contributed by atoms with Crippen molar-refractivity contribution in [2.75, 3.05) is 19.6 Å². The molecule has 0 bridgehead atoms. The van der Waals surface area contributed by atoms with Crippen LogP contribution in [0.3, 0.4) is 0 Å². The summed E-state index contributed by atoms with van der Waals surface area (Å²) in [7, 11) is 0. The monoisotopic (exact) mass is 509 g/mol. The normalized spacial score (nSPS) is 22.5. The minimum absolute atomic E-state index is 0.0764.